The smallest absolute Gasteiger partial charge is 0.243 e. The number of benzene rings is 3. The molecule has 0 spiro atoms. The number of hydrogen-bond donors (Lipinski definition) is 1. The molecule has 2 unspecified atom stereocenters. The van der Waals surface area contributed by atoms with E-state index in [0.29, 0.717) is 27.1 Å². The summed E-state index contributed by atoms with van der Waals surface area (Å²) in [6.07, 6.45) is 1.20. The summed E-state index contributed by atoms with van der Waals surface area (Å²) in [7, 11) is 0. The van der Waals surface area contributed by atoms with Crippen LogP contribution in [0.15, 0.2) is 72.8 Å². The Labute approximate surface area is 222 Å². The van der Waals surface area contributed by atoms with E-state index in [2.05, 4.69) is 5.32 Å². The zero-order valence-electron chi connectivity index (χ0n) is 19.8. The van der Waals surface area contributed by atoms with Crippen LogP contribution in [-0.4, -0.2) is 28.8 Å². The highest BCUT2D eigenvalue weighted by Crippen LogP contribution is 2.24. The Bertz CT molecular complexity index is 1150. The zero-order valence-corrected chi connectivity index (χ0v) is 22.1. The van der Waals surface area contributed by atoms with Crippen LogP contribution < -0.4 is 5.32 Å². The Hall–Kier alpha value is -2.53. The third-order valence-corrected chi connectivity index (χ3v) is 6.69. The van der Waals surface area contributed by atoms with Gasteiger partial charge in [0.15, 0.2) is 0 Å². The number of amides is 2. The topological polar surface area (TPSA) is 49.4 Å². The second-order valence-corrected chi connectivity index (χ2v) is 9.87. The van der Waals surface area contributed by atoms with Crippen LogP contribution in [0.2, 0.25) is 15.1 Å². The minimum Gasteiger partial charge on any atom is -0.352 e. The highest BCUT2D eigenvalue weighted by Gasteiger charge is 2.31. The minimum atomic E-state index is -0.719. The van der Waals surface area contributed by atoms with Crippen LogP contribution in [0.1, 0.15) is 37.0 Å². The standard InChI is InChI=1S/C28H29Cl3N2O2/c1-3-19(2)32-28(35)26(15-20-8-5-4-6-9-20)33(18-21-10-7-11-23(29)14-21)27(34)16-22-12-13-24(30)17-25(22)31/h4-14,17,19,26H,3,15-16,18H2,1-2H3,(H,32,35). The van der Waals surface area contributed by atoms with Crippen molar-refractivity contribution in [1.82, 2.24) is 10.2 Å². The number of carbonyl (C=O) groups excluding carboxylic acids is 2. The van der Waals surface area contributed by atoms with Crippen molar-refractivity contribution in [3.63, 3.8) is 0 Å². The van der Waals surface area contributed by atoms with Gasteiger partial charge in [0.25, 0.3) is 0 Å². The predicted molar refractivity (Wildman–Crippen MR) is 144 cm³/mol. The molecule has 0 heterocycles. The number of nitrogens with zero attached hydrogens (tertiary/aromatic N) is 1. The second kappa shape index (κ2) is 13.0. The molecule has 2 amide bonds. The largest absolute Gasteiger partial charge is 0.352 e. The normalized spacial score (nSPS) is 12.6. The molecule has 0 saturated heterocycles. The first-order valence-corrected chi connectivity index (χ1v) is 12.7. The van der Waals surface area contributed by atoms with Crippen molar-refractivity contribution in [2.75, 3.05) is 0 Å². The molecule has 0 aliphatic carbocycles. The Morgan fingerprint density at radius 1 is 0.886 bits per heavy atom. The third kappa shape index (κ3) is 7.99. The fourth-order valence-electron chi connectivity index (χ4n) is 3.76. The van der Waals surface area contributed by atoms with Crippen LogP contribution in [0.25, 0.3) is 0 Å². The lowest BCUT2D eigenvalue weighted by molar-refractivity contribution is -0.141. The van der Waals surface area contributed by atoms with E-state index in [9.17, 15) is 9.59 Å². The zero-order chi connectivity index (χ0) is 25.4. The highest BCUT2D eigenvalue weighted by atomic mass is 35.5. The lowest BCUT2D eigenvalue weighted by Crippen LogP contribution is -2.52. The molecule has 3 aromatic rings. The summed E-state index contributed by atoms with van der Waals surface area (Å²) in [5.74, 6) is -0.407. The maximum atomic E-state index is 13.8. The van der Waals surface area contributed by atoms with Crippen LogP contribution in [0.4, 0.5) is 0 Å². The number of hydrogen-bond acceptors (Lipinski definition) is 2. The van der Waals surface area contributed by atoms with Gasteiger partial charge < -0.3 is 10.2 Å². The van der Waals surface area contributed by atoms with E-state index in [1.807, 2.05) is 62.4 Å². The molecular weight excluding hydrogens is 503 g/mol. The molecule has 4 nitrogen and oxygen atoms in total. The van der Waals surface area contributed by atoms with Crippen molar-refractivity contribution >= 4 is 46.6 Å². The molecule has 1 N–H and O–H groups in total. The van der Waals surface area contributed by atoms with Gasteiger partial charge in [-0.3, -0.25) is 9.59 Å². The summed E-state index contributed by atoms with van der Waals surface area (Å²) in [4.78, 5) is 28.9. The van der Waals surface area contributed by atoms with Crippen molar-refractivity contribution in [2.24, 2.45) is 0 Å². The van der Waals surface area contributed by atoms with Crippen LogP contribution in [0.5, 0.6) is 0 Å². The average molecular weight is 532 g/mol. The van der Waals surface area contributed by atoms with Gasteiger partial charge in [-0.15, -0.1) is 0 Å². The maximum absolute atomic E-state index is 13.8. The number of carbonyl (C=O) groups is 2. The van der Waals surface area contributed by atoms with Crippen LogP contribution in [0.3, 0.4) is 0 Å². The predicted octanol–water partition coefficient (Wildman–Crippen LogP) is 6.74. The molecule has 0 aliphatic rings. The van der Waals surface area contributed by atoms with Crippen molar-refractivity contribution in [1.29, 1.82) is 0 Å². The Morgan fingerprint density at radius 3 is 2.23 bits per heavy atom. The number of nitrogens with one attached hydrogen (secondary N) is 1. The molecule has 0 aliphatic heterocycles. The maximum Gasteiger partial charge on any atom is 0.243 e. The van der Waals surface area contributed by atoms with Gasteiger partial charge >= 0.3 is 0 Å². The van der Waals surface area contributed by atoms with Crippen LogP contribution >= 0.6 is 34.8 Å². The van der Waals surface area contributed by atoms with E-state index in [1.54, 1.807) is 29.2 Å². The van der Waals surface area contributed by atoms with Crippen LogP contribution in [-0.2, 0) is 29.0 Å². The molecule has 3 rings (SSSR count). The minimum absolute atomic E-state index is 0.0189. The fourth-order valence-corrected chi connectivity index (χ4v) is 4.44. The molecule has 0 aromatic heterocycles. The van der Waals surface area contributed by atoms with E-state index >= 15 is 0 Å². The van der Waals surface area contributed by atoms with Crippen LogP contribution in [0, 0.1) is 0 Å². The average Bonchev–Trinajstić information content (AvgIpc) is 2.83. The Balaban J connectivity index is 1.99. The molecule has 7 heteroatoms. The molecule has 2 atom stereocenters. The second-order valence-electron chi connectivity index (χ2n) is 8.59. The molecule has 3 aromatic carbocycles. The van der Waals surface area contributed by atoms with Gasteiger partial charge in [0.2, 0.25) is 11.8 Å². The monoisotopic (exact) mass is 530 g/mol. The van der Waals surface area contributed by atoms with Gasteiger partial charge in [-0.2, -0.15) is 0 Å². The summed E-state index contributed by atoms with van der Waals surface area (Å²) in [6, 6.07) is 21.3. The fraction of sp³-hybridized carbons (Fsp3) is 0.286. The first kappa shape index (κ1) is 27.1. The van der Waals surface area contributed by atoms with Gasteiger partial charge in [0, 0.05) is 34.1 Å². The molecular formula is C28H29Cl3N2O2. The molecule has 0 fully saturated rings. The summed E-state index contributed by atoms with van der Waals surface area (Å²) in [5.41, 5.74) is 2.45. The van der Waals surface area contributed by atoms with Gasteiger partial charge in [0.05, 0.1) is 6.42 Å². The van der Waals surface area contributed by atoms with Crippen molar-refractivity contribution in [3.05, 3.63) is 105 Å². The number of rotatable bonds is 10. The van der Waals surface area contributed by atoms with Crippen molar-refractivity contribution < 1.29 is 9.59 Å². The summed E-state index contributed by atoms with van der Waals surface area (Å²) in [6.45, 7) is 4.19. The quantitative estimate of drug-likeness (QED) is 0.315. The molecule has 184 valence electrons. The third-order valence-electron chi connectivity index (χ3n) is 5.87. The molecule has 0 radical (unpaired) electrons. The van der Waals surface area contributed by atoms with Gasteiger partial charge in [-0.1, -0.05) is 90.3 Å². The highest BCUT2D eigenvalue weighted by molar-refractivity contribution is 6.35. The van der Waals surface area contributed by atoms with E-state index in [4.69, 9.17) is 34.8 Å². The molecule has 35 heavy (non-hydrogen) atoms. The summed E-state index contributed by atoms with van der Waals surface area (Å²) >= 11 is 18.6. The van der Waals surface area contributed by atoms with E-state index in [0.717, 1.165) is 17.5 Å². The number of halogens is 3. The summed E-state index contributed by atoms with van der Waals surface area (Å²) < 4.78 is 0. The van der Waals surface area contributed by atoms with Crippen molar-refractivity contribution in [2.45, 2.75) is 51.7 Å². The SMILES string of the molecule is CCC(C)NC(=O)C(Cc1ccccc1)N(Cc1cccc(Cl)c1)C(=O)Cc1ccc(Cl)cc1Cl. The Morgan fingerprint density at radius 2 is 1.57 bits per heavy atom. The first-order valence-electron chi connectivity index (χ1n) is 11.6. The van der Waals surface area contributed by atoms with Crippen molar-refractivity contribution in [3.8, 4) is 0 Å². The lowest BCUT2D eigenvalue weighted by atomic mass is 10.0. The van der Waals surface area contributed by atoms with Gasteiger partial charge in [-0.05, 0) is 54.3 Å². The molecule has 0 bridgehead atoms. The van der Waals surface area contributed by atoms with Gasteiger partial charge in [0.1, 0.15) is 6.04 Å². The van der Waals surface area contributed by atoms with E-state index < -0.39 is 6.04 Å². The lowest BCUT2D eigenvalue weighted by Gasteiger charge is -2.32. The van der Waals surface area contributed by atoms with E-state index in [1.165, 1.54) is 0 Å². The Kier molecular flexibility index (Phi) is 10.0. The summed E-state index contributed by atoms with van der Waals surface area (Å²) in [5, 5.41) is 4.54. The molecule has 0 saturated carbocycles. The van der Waals surface area contributed by atoms with E-state index in [-0.39, 0.29) is 30.8 Å². The van der Waals surface area contributed by atoms with Gasteiger partial charge in [-0.25, -0.2) is 0 Å². The first-order chi connectivity index (χ1) is 16.8.